The fourth-order valence-corrected chi connectivity index (χ4v) is 2.26. The Hall–Kier alpha value is -1.12. The summed E-state index contributed by atoms with van der Waals surface area (Å²) in [5.74, 6) is 0.874. The van der Waals surface area contributed by atoms with Gasteiger partial charge in [-0.1, -0.05) is 13.8 Å². The standard InChI is InChI=1S/C13H23N3O2/c1-10(2)5-11(7-14)6-13(17)16-3-4-18-12(8-15)9-16/h10-12H,3-7,9,14H2,1-2H3/t11-,12?/m0/s1. The number of carbonyl (C=O) groups excluding carboxylic acids is 1. The van der Waals surface area contributed by atoms with Gasteiger partial charge in [0.15, 0.2) is 6.10 Å². The fraction of sp³-hybridized carbons (Fsp3) is 0.846. The second kappa shape index (κ2) is 7.34. The zero-order chi connectivity index (χ0) is 13.5. The zero-order valence-electron chi connectivity index (χ0n) is 11.3. The lowest BCUT2D eigenvalue weighted by Gasteiger charge is -2.31. The third kappa shape index (κ3) is 4.63. The number of nitrogens with zero attached hydrogens (tertiary/aromatic N) is 2. The van der Waals surface area contributed by atoms with Crippen molar-refractivity contribution in [1.29, 1.82) is 5.26 Å². The van der Waals surface area contributed by atoms with Gasteiger partial charge in [-0.15, -0.1) is 0 Å². The third-order valence-corrected chi connectivity index (χ3v) is 3.16. The molecule has 0 aliphatic carbocycles. The van der Waals surface area contributed by atoms with Crippen LogP contribution in [0, 0.1) is 23.2 Å². The number of morpholine rings is 1. The normalized spacial score (nSPS) is 21.7. The summed E-state index contributed by atoms with van der Waals surface area (Å²) in [4.78, 5) is 13.8. The molecule has 5 nitrogen and oxygen atoms in total. The molecule has 1 rings (SSSR count). The number of rotatable bonds is 5. The van der Waals surface area contributed by atoms with Crippen LogP contribution in [0.4, 0.5) is 0 Å². The van der Waals surface area contributed by atoms with Gasteiger partial charge in [-0.2, -0.15) is 5.26 Å². The molecule has 1 heterocycles. The first-order chi connectivity index (χ1) is 8.56. The first-order valence-corrected chi connectivity index (χ1v) is 6.55. The summed E-state index contributed by atoms with van der Waals surface area (Å²) in [5, 5.41) is 8.80. The van der Waals surface area contributed by atoms with E-state index in [9.17, 15) is 4.79 Å². The molecule has 0 aromatic rings. The largest absolute Gasteiger partial charge is 0.360 e. The van der Waals surface area contributed by atoms with Crippen LogP contribution in [0.1, 0.15) is 26.7 Å². The maximum absolute atomic E-state index is 12.1. The van der Waals surface area contributed by atoms with Gasteiger partial charge in [0, 0.05) is 13.0 Å². The van der Waals surface area contributed by atoms with Gasteiger partial charge in [0.25, 0.3) is 0 Å². The van der Waals surface area contributed by atoms with Crippen LogP contribution in [-0.2, 0) is 9.53 Å². The summed E-state index contributed by atoms with van der Waals surface area (Å²) >= 11 is 0. The molecule has 2 N–H and O–H groups in total. The van der Waals surface area contributed by atoms with Crippen molar-refractivity contribution in [2.75, 3.05) is 26.2 Å². The van der Waals surface area contributed by atoms with Crippen LogP contribution < -0.4 is 5.73 Å². The Balaban J connectivity index is 2.46. The maximum atomic E-state index is 12.1. The Bertz CT molecular complexity index is 312. The Morgan fingerprint density at radius 1 is 1.61 bits per heavy atom. The number of carbonyl (C=O) groups is 1. The molecule has 1 aliphatic heterocycles. The van der Waals surface area contributed by atoms with Crippen molar-refractivity contribution in [2.24, 2.45) is 17.6 Å². The molecule has 0 aromatic carbocycles. The molecule has 102 valence electrons. The fourth-order valence-electron chi connectivity index (χ4n) is 2.26. The van der Waals surface area contributed by atoms with Crippen LogP contribution in [0.5, 0.6) is 0 Å². The number of nitrogens with two attached hydrogens (primary N) is 1. The molecule has 1 amide bonds. The highest BCUT2D eigenvalue weighted by Crippen LogP contribution is 2.16. The third-order valence-electron chi connectivity index (χ3n) is 3.16. The smallest absolute Gasteiger partial charge is 0.223 e. The highest BCUT2D eigenvalue weighted by atomic mass is 16.5. The lowest BCUT2D eigenvalue weighted by atomic mass is 9.93. The van der Waals surface area contributed by atoms with Gasteiger partial charge in [-0.3, -0.25) is 4.79 Å². The van der Waals surface area contributed by atoms with Crippen LogP contribution in [0.15, 0.2) is 0 Å². The molecule has 0 saturated carbocycles. The zero-order valence-corrected chi connectivity index (χ0v) is 11.3. The summed E-state index contributed by atoms with van der Waals surface area (Å²) < 4.78 is 5.22. The predicted octanol–water partition coefficient (Wildman–Crippen LogP) is 0.748. The molecule has 18 heavy (non-hydrogen) atoms. The highest BCUT2D eigenvalue weighted by molar-refractivity contribution is 5.76. The van der Waals surface area contributed by atoms with Gasteiger partial charge in [0.1, 0.15) is 0 Å². The first-order valence-electron chi connectivity index (χ1n) is 6.55. The second-order valence-electron chi connectivity index (χ2n) is 5.26. The molecule has 1 aliphatic rings. The van der Waals surface area contributed by atoms with Gasteiger partial charge >= 0.3 is 0 Å². The number of nitriles is 1. The predicted molar refractivity (Wildman–Crippen MR) is 68.5 cm³/mol. The van der Waals surface area contributed by atoms with Crippen LogP contribution in [0.25, 0.3) is 0 Å². The van der Waals surface area contributed by atoms with Gasteiger partial charge < -0.3 is 15.4 Å². The first kappa shape index (κ1) is 14.9. The molecule has 0 bridgehead atoms. The van der Waals surface area contributed by atoms with E-state index >= 15 is 0 Å². The van der Waals surface area contributed by atoms with Crippen molar-refractivity contribution in [2.45, 2.75) is 32.8 Å². The number of hydrogen-bond donors (Lipinski definition) is 1. The quantitative estimate of drug-likeness (QED) is 0.784. The molecule has 2 atom stereocenters. The van der Waals surface area contributed by atoms with Crippen molar-refractivity contribution in [3.8, 4) is 6.07 Å². The minimum absolute atomic E-state index is 0.0923. The maximum Gasteiger partial charge on any atom is 0.223 e. The monoisotopic (exact) mass is 253 g/mol. The molecular weight excluding hydrogens is 230 g/mol. The van der Waals surface area contributed by atoms with Gasteiger partial charge in [-0.25, -0.2) is 0 Å². The topological polar surface area (TPSA) is 79.3 Å². The van der Waals surface area contributed by atoms with Crippen LogP contribution in [0.3, 0.4) is 0 Å². The molecule has 1 saturated heterocycles. The Morgan fingerprint density at radius 3 is 2.89 bits per heavy atom. The molecule has 0 spiro atoms. The van der Waals surface area contributed by atoms with Gasteiger partial charge in [-0.05, 0) is 24.8 Å². The van der Waals surface area contributed by atoms with E-state index in [0.29, 0.717) is 38.6 Å². The summed E-state index contributed by atoms with van der Waals surface area (Å²) in [5.41, 5.74) is 5.70. The number of ether oxygens (including phenoxy) is 1. The van der Waals surface area contributed by atoms with E-state index in [-0.39, 0.29) is 11.8 Å². The summed E-state index contributed by atoms with van der Waals surface area (Å²) in [7, 11) is 0. The van der Waals surface area contributed by atoms with E-state index in [4.69, 9.17) is 15.7 Å². The van der Waals surface area contributed by atoms with E-state index in [0.717, 1.165) is 6.42 Å². The molecule has 0 radical (unpaired) electrons. The van der Waals surface area contributed by atoms with Crippen molar-refractivity contribution < 1.29 is 9.53 Å². The molecule has 1 unspecified atom stereocenters. The lowest BCUT2D eigenvalue weighted by Crippen LogP contribution is -2.45. The molecular formula is C13H23N3O2. The van der Waals surface area contributed by atoms with E-state index in [1.807, 2.05) is 6.07 Å². The van der Waals surface area contributed by atoms with E-state index < -0.39 is 6.10 Å². The molecule has 5 heteroatoms. The Labute approximate surface area is 109 Å². The Kier molecular flexibility index (Phi) is 6.10. The van der Waals surface area contributed by atoms with E-state index in [1.54, 1.807) is 4.90 Å². The van der Waals surface area contributed by atoms with Crippen LogP contribution in [-0.4, -0.2) is 43.2 Å². The number of hydrogen-bond acceptors (Lipinski definition) is 4. The summed E-state index contributed by atoms with van der Waals surface area (Å²) in [6, 6.07) is 2.05. The van der Waals surface area contributed by atoms with Gasteiger partial charge in [0.2, 0.25) is 5.91 Å². The molecule has 1 fully saturated rings. The van der Waals surface area contributed by atoms with Gasteiger partial charge in [0.05, 0.1) is 19.2 Å². The summed E-state index contributed by atoms with van der Waals surface area (Å²) in [6.07, 6.45) is 0.963. The Morgan fingerprint density at radius 2 is 2.33 bits per heavy atom. The van der Waals surface area contributed by atoms with Crippen LogP contribution in [0.2, 0.25) is 0 Å². The lowest BCUT2D eigenvalue weighted by molar-refractivity contribution is -0.138. The van der Waals surface area contributed by atoms with Crippen molar-refractivity contribution in [3.63, 3.8) is 0 Å². The van der Waals surface area contributed by atoms with Crippen molar-refractivity contribution in [3.05, 3.63) is 0 Å². The summed E-state index contributed by atoms with van der Waals surface area (Å²) in [6.45, 7) is 6.21. The van der Waals surface area contributed by atoms with Crippen molar-refractivity contribution >= 4 is 5.91 Å². The number of amides is 1. The average molecular weight is 253 g/mol. The van der Waals surface area contributed by atoms with Crippen LogP contribution >= 0.6 is 0 Å². The average Bonchev–Trinajstić information content (AvgIpc) is 2.37. The SMILES string of the molecule is CC(C)C[C@H](CN)CC(=O)N1CCOC(C#N)C1. The van der Waals surface area contributed by atoms with Crippen molar-refractivity contribution in [1.82, 2.24) is 4.90 Å². The minimum Gasteiger partial charge on any atom is -0.360 e. The highest BCUT2D eigenvalue weighted by Gasteiger charge is 2.25. The second-order valence-corrected chi connectivity index (χ2v) is 5.26. The minimum atomic E-state index is -0.482. The van der Waals surface area contributed by atoms with E-state index in [2.05, 4.69) is 13.8 Å². The van der Waals surface area contributed by atoms with E-state index in [1.165, 1.54) is 0 Å². The molecule has 0 aromatic heterocycles.